The maximum absolute atomic E-state index is 6.98. The van der Waals surface area contributed by atoms with E-state index in [0.29, 0.717) is 0 Å². The van der Waals surface area contributed by atoms with Crippen LogP contribution in [-0.4, -0.2) is 0 Å². The van der Waals surface area contributed by atoms with E-state index in [4.69, 9.17) is 8.83 Å². The molecule has 11 rings (SSSR count). The third-order valence-corrected chi connectivity index (χ3v) is 10.6. The van der Waals surface area contributed by atoms with Crippen LogP contribution in [0.2, 0.25) is 0 Å². The Morgan fingerprint density at radius 2 is 1.02 bits per heavy atom. The van der Waals surface area contributed by atoms with Crippen LogP contribution in [0.4, 0.5) is 17.1 Å². The molecule has 0 N–H and O–H groups in total. The number of rotatable bonds is 5. The smallest absolute Gasteiger partial charge is 0.159 e. The van der Waals surface area contributed by atoms with Gasteiger partial charge in [0.25, 0.3) is 0 Å². The molecule has 0 aliphatic heterocycles. The Morgan fingerprint density at radius 3 is 1.87 bits per heavy atom. The standard InChI is InChI=1S/C50H31NO2/c1-3-12-32(13-4-1)36-25-27-42-47(30-36)53-50-39(33-14-5-2-6-15-33)28-29-44(48(42)50)51(45-20-11-19-41-40-18-9-10-21-46(40)52-49(41)45)37-26-24-35-23-22-34-16-7-8-17-38(34)43(35)31-37/h1-31H. The minimum atomic E-state index is 0.839. The van der Waals surface area contributed by atoms with E-state index in [2.05, 4.69) is 175 Å². The van der Waals surface area contributed by atoms with Gasteiger partial charge < -0.3 is 13.7 Å². The normalized spacial score (nSPS) is 11.8. The summed E-state index contributed by atoms with van der Waals surface area (Å²) < 4.78 is 13.7. The molecule has 53 heavy (non-hydrogen) atoms. The number of benzene rings is 9. The summed E-state index contributed by atoms with van der Waals surface area (Å²) in [6, 6.07) is 66.6. The zero-order chi connectivity index (χ0) is 34.9. The van der Waals surface area contributed by atoms with Gasteiger partial charge in [-0.15, -0.1) is 0 Å². The van der Waals surface area contributed by atoms with Crippen LogP contribution in [0.25, 0.3) is 87.7 Å². The van der Waals surface area contributed by atoms with Gasteiger partial charge in [-0.2, -0.15) is 0 Å². The Morgan fingerprint density at radius 1 is 0.340 bits per heavy atom. The number of furan rings is 2. The molecular formula is C50H31NO2. The minimum absolute atomic E-state index is 0.839. The fourth-order valence-electron chi connectivity index (χ4n) is 8.15. The van der Waals surface area contributed by atoms with Crippen molar-refractivity contribution in [3.63, 3.8) is 0 Å². The van der Waals surface area contributed by atoms with Crippen molar-refractivity contribution < 1.29 is 8.83 Å². The van der Waals surface area contributed by atoms with Crippen LogP contribution in [-0.2, 0) is 0 Å². The van der Waals surface area contributed by atoms with Gasteiger partial charge in [-0.05, 0) is 86.8 Å². The zero-order valence-corrected chi connectivity index (χ0v) is 28.7. The molecule has 0 aliphatic rings. The maximum Gasteiger partial charge on any atom is 0.159 e. The number of para-hydroxylation sites is 2. The molecule has 3 nitrogen and oxygen atoms in total. The summed E-state index contributed by atoms with van der Waals surface area (Å²) in [5, 5.41) is 9.11. The Balaban J connectivity index is 1.25. The predicted octanol–water partition coefficient (Wildman–Crippen LogP) is 14.6. The van der Waals surface area contributed by atoms with Crippen molar-refractivity contribution in [1.29, 1.82) is 0 Å². The van der Waals surface area contributed by atoms with Gasteiger partial charge in [0, 0.05) is 27.4 Å². The lowest BCUT2D eigenvalue weighted by molar-refractivity contribution is 0.668. The SMILES string of the molecule is c1ccc(-c2ccc3c(c2)oc2c(-c4ccccc4)ccc(N(c4ccc5ccc6ccccc6c5c4)c4cccc5c4oc4ccccc45)c23)cc1. The van der Waals surface area contributed by atoms with E-state index < -0.39 is 0 Å². The predicted molar refractivity (Wildman–Crippen MR) is 222 cm³/mol. The van der Waals surface area contributed by atoms with E-state index in [1.54, 1.807) is 0 Å². The second-order valence-corrected chi connectivity index (χ2v) is 13.7. The summed E-state index contributed by atoms with van der Waals surface area (Å²) in [6.07, 6.45) is 0. The van der Waals surface area contributed by atoms with Crippen molar-refractivity contribution in [2.75, 3.05) is 4.90 Å². The summed E-state index contributed by atoms with van der Waals surface area (Å²) in [5.41, 5.74) is 10.8. The van der Waals surface area contributed by atoms with Gasteiger partial charge in [-0.25, -0.2) is 0 Å². The monoisotopic (exact) mass is 677 g/mol. The lowest BCUT2D eigenvalue weighted by Crippen LogP contribution is -2.11. The average Bonchev–Trinajstić information content (AvgIpc) is 3.81. The van der Waals surface area contributed by atoms with Crippen LogP contribution in [0.5, 0.6) is 0 Å². The molecule has 0 radical (unpaired) electrons. The van der Waals surface area contributed by atoms with E-state index in [9.17, 15) is 0 Å². The molecule has 9 aromatic carbocycles. The van der Waals surface area contributed by atoms with Gasteiger partial charge in [0.05, 0.1) is 16.8 Å². The topological polar surface area (TPSA) is 29.5 Å². The molecule has 248 valence electrons. The van der Waals surface area contributed by atoms with Gasteiger partial charge in [0.1, 0.15) is 16.7 Å². The summed E-state index contributed by atoms with van der Waals surface area (Å²) in [5.74, 6) is 0. The summed E-state index contributed by atoms with van der Waals surface area (Å²) in [4.78, 5) is 2.36. The van der Waals surface area contributed by atoms with Crippen LogP contribution >= 0.6 is 0 Å². The van der Waals surface area contributed by atoms with Crippen LogP contribution in [0.15, 0.2) is 197 Å². The van der Waals surface area contributed by atoms with E-state index in [1.165, 1.54) is 21.5 Å². The first kappa shape index (κ1) is 29.6. The fourth-order valence-corrected chi connectivity index (χ4v) is 8.15. The molecule has 0 bridgehead atoms. The Kier molecular flexibility index (Phi) is 6.55. The fraction of sp³-hybridized carbons (Fsp3) is 0. The first-order valence-electron chi connectivity index (χ1n) is 18.0. The summed E-state index contributed by atoms with van der Waals surface area (Å²) >= 11 is 0. The lowest BCUT2D eigenvalue weighted by atomic mass is 9.98. The minimum Gasteiger partial charge on any atom is -0.455 e. The largest absolute Gasteiger partial charge is 0.455 e. The maximum atomic E-state index is 6.98. The highest BCUT2D eigenvalue weighted by atomic mass is 16.3. The molecular weight excluding hydrogens is 647 g/mol. The average molecular weight is 678 g/mol. The van der Waals surface area contributed by atoms with Crippen molar-refractivity contribution in [3.05, 3.63) is 188 Å². The molecule has 0 saturated heterocycles. The molecule has 0 atom stereocenters. The molecule has 0 amide bonds. The first-order chi connectivity index (χ1) is 26.3. The molecule has 0 spiro atoms. The second kappa shape index (κ2) is 11.7. The van der Waals surface area contributed by atoms with Crippen LogP contribution in [0.1, 0.15) is 0 Å². The van der Waals surface area contributed by atoms with Gasteiger partial charge in [0.15, 0.2) is 5.58 Å². The van der Waals surface area contributed by atoms with Gasteiger partial charge in [-0.1, -0.05) is 140 Å². The van der Waals surface area contributed by atoms with Gasteiger partial charge in [-0.3, -0.25) is 0 Å². The first-order valence-corrected chi connectivity index (χ1v) is 18.0. The molecule has 2 aromatic heterocycles. The number of anilines is 3. The summed E-state index contributed by atoms with van der Waals surface area (Å²) in [7, 11) is 0. The van der Waals surface area contributed by atoms with Gasteiger partial charge in [0.2, 0.25) is 0 Å². The number of hydrogen-bond acceptors (Lipinski definition) is 3. The van der Waals surface area contributed by atoms with Crippen LogP contribution in [0.3, 0.4) is 0 Å². The highest BCUT2D eigenvalue weighted by molar-refractivity contribution is 6.19. The highest BCUT2D eigenvalue weighted by Gasteiger charge is 2.25. The van der Waals surface area contributed by atoms with Crippen LogP contribution < -0.4 is 4.90 Å². The Labute approximate surface area is 305 Å². The number of hydrogen-bond donors (Lipinski definition) is 0. The van der Waals surface area contributed by atoms with Crippen molar-refractivity contribution in [2.45, 2.75) is 0 Å². The zero-order valence-electron chi connectivity index (χ0n) is 28.7. The van der Waals surface area contributed by atoms with Crippen molar-refractivity contribution in [1.82, 2.24) is 0 Å². The van der Waals surface area contributed by atoms with E-state index in [-0.39, 0.29) is 0 Å². The molecule has 11 aromatic rings. The highest BCUT2D eigenvalue weighted by Crippen LogP contribution is 2.49. The number of fused-ring (bicyclic) bond motifs is 9. The summed E-state index contributed by atoms with van der Waals surface area (Å²) in [6.45, 7) is 0. The molecule has 0 saturated carbocycles. The Bertz CT molecular complexity index is 3170. The molecule has 2 heterocycles. The third kappa shape index (κ3) is 4.68. The Hall–Kier alpha value is -7.10. The van der Waals surface area contributed by atoms with Crippen molar-refractivity contribution in [2.24, 2.45) is 0 Å². The molecule has 0 fully saturated rings. The van der Waals surface area contributed by atoms with E-state index >= 15 is 0 Å². The third-order valence-electron chi connectivity index (χ3n) is 10.6. The quantitative estimate of drug-likeness (QED) is 0.170. The van der Waals surface area contributed by atoms with E-state index in [0.717, 1.165) is 83.2 Å². The van der Waals surface area contributed by atoms with E-state index in [1.807, 2.05) is 18.2 Å². The molecule has 0 aliphatic carbocycles. The van der Waals surface area contributed by atoms with Crippen molar-refractivity contribution in [3.8, 4) is 22.3 Å². The lowest BCUT2D eigenvalue weighted by Gasteiger charge is -2.27. The van der Waals surface area contributed by atoms with Gasteiger partial charge >= 0.3 is 0 Å². The second-order valence-electron chi connectivity index (χ2n) is 13.7. The molecule has 0 unspecified atom stereocenters. The van der Waals surface area contributed by atoms with Crippen LogP contribution in [0, 0.1) is 0 Å². The van der Waals surface area contributed by atoms with Crippen molar-refractivity contribution >= 4 is 82.5 Å². The number of nitrogens with zero attached hydrogens (tertiary/aromatic N) is 1. The molecule has 3 heteroatoms.